The third-order valence-corrected chi connectivity index (χ3v) is 3.51. The predicted octanol–water partition coefficient (Wildman–Crippen LogP) is 4.54. The molecule has 1 nitrogen and oxygen atoms in total. The standard InChI is InChI=1S/C8H4BrF5IN/c9-1-3-4(7(10)11)2-16-6(5(3)15)8(12,13)14/h2,7H,1H2. The van der Waals surface area contributed by atoms with Crippen molar-refractivity contribution in [3.05, 3.63) is 26.6 Å². The van der Waals surface area contributed by atoms with E-state index in [4.69, 9.17) is 0 Å². The lowest BCUT2D eigenvalue weighted by molar-refractivity contribution is -0.142. The number of hydrogen-bond acceptors (Lipinski definition) is 1. The van der Waals surface area contributed by atoms with Gasteiger partial charge in [-0.05, 0) is 28.2 Å². The van der Waals surface area contributed by atoms with Crippen molar-refractivity contribution in [1.82, 2.24) is 4.98 Å². The van der Waals surface area contributed by atoms with Gasteiger partial charge in [0.15, 0.2) is 5.69 Å². The van der Waals surface area contributed by atoms with Gasteiger partial charge in [-0.1, -0.05) is 15.9 Å². The highest BCUT2D eigenvalue weighted by molar-refractivity contribution is 14.1. The Morgan fingerprint density at radius 1 is 1.38 bits per heavy atom. The van der Waals surface area contributed by atoms with Crippen LogP contribution in [0.2, 0.25) is 0 Å². The average Bonchev–Trinajstić information content (AvgIpc) is 2.14. The summed E-state index contributed by atoms with van der Waals surface area (Å²) in [6.07, 6.45) is -6.89. The fourth-order valence-corrected chi connectivity index (χ4v) is 3.14. The van der Waals surface area contributed by atoms with E-state index in [9.17, 15) is 22.0 Å². The second-order valence-corrected chi connectivity index (χ2v) is 4.43. The summed E-state index contributed by atoms with van der Waals surface area (Å²) in [7, 11) is 0. The molecule has 16 heavy (non-hydrogen) atoms. The first-order chi connectivity index (χ1) is 7.29. The lowest BCUT2D eigenvalue weighted by atomic mass is 10.1. The van der Waals surface area contributed by atoms with E-state index in [0.29, 0.717) is 6.20 Å². The smallest absolute Gasteiger partial charge is 0.250 e. The fraction of sp³-hybridized carbons (Fsp3) is 0.375. The summed E-state index contributed by atoms with van der Waals surface area (Å²) in [6, 6.07) is 0. The zero-order chi connectivity index (χ0) is 12.5. The summed E-state index contributed by atoms with van der Waals surface area (Å²) in [5.41, 5.74) is -1.68. The lowest BCUT2D eigenvalue weighted by Gasteiger charge is -2.13. The quantitative estimate of drug-likeness (QED) is 0.392. The second kappa shape index (κ2) is 5.11. The molecule has 0 aliphatic rings. The molecule has 0 atom stereocenters. The van der Waals surface area contributed by atoms with Crippen LogP contribution in [0.25, 0.3) is 0 Å². The molecule has 0 spiro atoms. The molecular weight excluding hydrogens is 412 g/mol. The molecule has 0 saturated carbocycles. The van der Waals surface area contributed by atoms with E-state index in [1.807, 2.05) is 0 Å². The van der Waals surface area contributed by atoms with Crippen LogP contribution >= 0.6 is 38.5 Å². The van der Waals surface area contributed by atoms with Crippen molar-refractivity contribution in [2.24, 2.45) is 0 Å². The van der Waals surface area contributed by atoms with Gasteiger partial charge in [-0.2, -0.15) is 13.2 Å². The molecule has 1 heterocycles. The highest BCUT2D eigenvalue weighted by Crippen LogP contribution is 2.36. The molecule has 0 N–H and O–H groups in total. The summed E-state index contributed by atoms with van der Waals surface area (Å²) in [5, 5.41) is -0.0729. The molecule has 0 unspecified atom stereocenters. The summed E-state index contributed by atoms with van der Waals surface area (Å²) < 4.78 is 61.9. The van der Waals surface area contributed by atoms with Gasteiger partial charge < -0.3 is 0 Å². The topological polar surface area (TPSA) is 12.9 Å². The number of halogens is 7. The summed E-state index contributed by atoms with van der Waals surface area (Å²) >= 11 is 4.27. The lowest BCUT2D eigenvalue weighted by Crippen LogP contribution is -2.13. The van der Waals surface area contributed by atoms with Gasteiger partial charge in [-0.25, -0.2) is 8.78 Å². The van der Waals surface area contributed by atoms with Crippen LogP contribution in [0.3, 0.4) is 0 Å². The van der Waals surface area contributed by atoms with Crippen molar-refractivity contribution in [2.45, 2.75) is 17.9 Å². The normalized spacial score (nSPS) is 12.2. The predicted molar refractivity (Wildman–Crippen MR) is 59.5 cm³/mol. The Kier molecular flexibility index (Phi) is 4.49. The van der Waals surface area contributed by atoms with Crippen LogP contribution < -0.4 is 0 Å². The Hall–Kier alpha value is 0.01000. The molecule has 8 heteroatoms. The van der Waals surface area contributed by atoms with Crippen LogP contribution in [0.5, 0.6) is 0 Å². The highest BCUT2D eigenvalue weighted by atomic mass is 127. The van der Waals surface area contributed by atoms with E-state index in [-0.39, 0.29) is 14.5 Å². The van der Waals surface area contributed by atoms with E-state index in [0.717, 1.165) is 0 Å². The van der Waals surface area contributed by atoms with Crippen LogP contribution in [-0.2, 0) is 11.5 Å². The van der Waals surface area contributed by atoms with Crippen molar-refractivity contribution >= 4 is 38.5 Å². The average molecular weight is 416 g/mol. The van der Waals surface area contributed by atoms with Crippen LogP contribution in [0.1, 0.15) is 23.2 Å². The number of alkyl halides is 6. The number of nitrogens with zero attached hydrogens (tertiary/aromatic N) is 1. The first kappa shape index (κ1) is 14.1. The number of hydrogen-bond donors (Lipinski definition) is 0. The Labute approximate surface area is 110 Å². The Morgan fingerprint density at radius 2 is 1.94 bits per heavy atom. The highest BCUT2D eigenvalue weighted by Gasteiger charge is 2.36. The van der Waals surface area contributed by atoms with Crippen molar-refractivity contribution in [3.8, 4) is 0 Å². The fourth-order valence-electron chi connectivity index (χ4n) is 1.06. The maximum absolute atomic E-state index is 12.5. The maximum atomic E-state index is 12.5. The van der Waals surface area contributed by atoms with Crippen LogP contribution in [0.15, 0.2) is 6.20 Å². The molecule has 1 aromatic rings. The number of rotatable bonds is 2. The van der Waals surface area contributed by atoms with Gasteiger partial charge in [0, 0.05) is 20.7 Å². The SMILES string of the molecule is FC(F)c1cnc(C(F)(F)F)c(I)c1CBr. The third-order valence-electron chi connectivity index (χ3n) is 1.79. The largest absolute Gasteiger partial charge is 0.434 e. The Balaban J connectivity index is 3.41. The molecule has 1 aromatic heterocycles. The molecule has 0 aliphatic carbocycles. The second-order valence-electron chi connectivity index (χ2n) is 2.79. The minimum atomic E-state index is -4.63. The van der Waals surface area contributed by atoms with Gasteiger partial charge in [-0.3, -0.25) is 4.98 Å². The molecule has 0 bridgehead atoms. The summed E-state index contributed by atoms with van der Waals surface area (Å²) in [4.78, 5) is 3.05. The van der Waals surface area contributed by atoms with Crippen molar-refractivity contribution in [3.63, 3.8) is 0 Å². The van der Waals surface area contributed by atoms with E-state index in [2.05, 4.69) is 20.9 Å². The van der Waals surface area contributed by atoms with Gasteiger partial charge in [0.05, 0.1) is 0 Å². The van der Waals surface area contributed by atoms with Crippen molar-refractivity contribution in [2.75, 3.05) is 0 Å². The van der Waals surface area contributed by atoms with E-state index < -0.39 is 23.9 Å². The van der Waals surface area contributed by atoms with E-state index in [1.165, 1.54) is 22.6 Å². The van der Waals surface area contributed by atoms with Gasteiger partial charge in [0.2, 0.25) is 0 Å². The zero-order valence-corrected chi connectivity index (χ0v) is 11.2. The van der Waals surface area contributed by atoms with Crippen LogP contribution in [-0.4, -0.2) is 4.98 Å². The molecule has 0 amide bonds. The van der Waals surface area contributed by atoms with E-state index >= 15 is 0 Å². The maximum Gasteiger partial charge on any atom is 0.434 e. The molecule has 0 fully saturated rings. The van der Waals surface area contributed by atoms with Crippen molar-refractivity contribution < 1.29 is 22.0 Å². The first-order valence-corrected chi connectivity index (χ1v) is 6.07. The molecular formula is C8H4BrF5IN. The molecule has 0 aromatic carbocycles. The van der Waals surface area contributed by atoms with Gasteiger partial charge in [0.1, 0.15) is 0 Å². The molecule has 1 rings (SSSR count). The Morgan fingerprint density at radius 3 is 2.31 bits per heavy atom. The molecule has 90 valence electrons. The Bertz CT molecular complexity index is 393. The van der Waals surface area contributed by atoms with Crippen LogP contribution in [0.4, 0.5) is 22.0 Å². The molecule has 0 radical (unpaired) electrons. The molecule has 0 aliphatic heterocycles. The number of aromatic nitrogens is 1. The monoisotopic (exact) mass is 415 g/mol. The first-order valence-electron chi connectivity index (χ1n) is 3.87. The van der Waals surface area contributed by atoms with Gasteiger partial charge >= 0.3 is 6.18 Å². The van der Waals surface area contributed by atoms with Crippen LogP contribution in [0, 0.1) is 3.57 Å². The third kappa shape index (κ3) is 2.82. The van der Waals surface area contributed by atoms with Gasteiger partial charge in [0.25, 0.3) is 6.43 Å². The zero-order valence-electron chi connectivity index (χ0n) is 7.45. The number of pyridine rings is 1. The summed E-state index contributed by atoms with van der Waals surface area (Å²) in [6.45, 7) is 0. The minimum Gasteiger partial charge on any atom is -0.250 e. The van der Waals surface area contributed by atoms with E-state index in [1.54, 1.807) is 0 Å². The van der Waals surface area contributed by atoms with Gasteiger partial charge in [-0.15, -0.1) is 0 Å². The van der Waals surface area contributed by atoms with Crippen molar-refractivity contribution in [1.29, 1.82) is 0 Å². The summed E-state index contributed by atoms with van der Waals surface area (Å²) in [5.74, 6) is 0. The molecule has 0 saturated heterocycles. The minimum absolute atomic E-state index is 0.0714.